The van der Waals surface area contributed by atoms with Crippen molar-refractivity contribution in [1.29, 1.82) is 0 Å². The largest absolute Gasteiger partial charge is 0.299 e. The quantitative estimate of drug-likeness (QED) is 0.662. The second kappa shape index (κ2) is 2.70. The smallest absolute Gasteiger partial charge is 0.233 e. The van der Waals surface area contributed by atoms with Crippen LogP contribution in [-0.4, -0.2) is 20.0 Å². The van der Waals surface area contributed by atoms with Crippen molar-refractivity contribution < 1.29 is 13.2 Å². The van der Waals surface area contributed by atoms with Crippen molar-refractivity contribution in [3.8, 4) is 0 Å². The van der Waals surface area contributed by atoms with Crippen LogP contribution in [0, 0.1) is 11.3 Å². The molecule has 0 aliphatic heterocycles. The maximum Gasteiger partial charge on any atom is 0.233 e. The number of hydrogen-bond donors (Lipinski definition) is 0. The first-order chi connectivity index (χ1) is 5.91. The van der Waals surface area contributed by atoms with E-state index in [-0.39, 0.29) is 11.5 Å². The van der Waals surface area contributed by atoms with Crippen molar-refractivity contribution in [3.63, 3.8) is 0 Å². The molecule has 0 aromatic rings. The summed E-state index contributed by atoms with van der Waals surface area (Å²) in [5, 5.41) is 0. The summed E-state index contributed by atoms with van der Waals surface area (Å²) in [7, 11) is 1.65. The average Bonchev–Trinajstić information content (AvgIpc) is 2.39. The molecule has 0 heterocycles. The highest BCUT2D eigenvalue weighted by Crippen LogP contribution is 2.52. The molecule has 0 radical (unpaired) electrons. The molecule has 2 saturated carbocycles. The Morgan fingerprint density at radius 2 is 2.23 bits per heavy atom. The van der Waals surface area contributed by atoms with Crippen molar-refractivity contribution in [2.75, 3.05) is 5.75 Å². The highest BCUT2D eigenvalue weighted by Gasteiger charge is 2.53. The maximum atomic E-state index is 11.5. The number of halogens is 1. The van der Waals surface area contributed by atoms with Gasteiger partial charge in [0.1, 0.15) is 5.78 Å². The number of Topliss-reactive ketones (excluding diaryl/α,β-unsaturated/α-hetero) is 1. The van der Waals surface area contributed by atoms with E-state index in [1.165, 1.54) is 0 Å². The van der Waals surface area contributed by atoms with Gasteiger partial charge in [-0.15, -0.1) is 0 Å². The summed E-state index contributed by atoms with van der Waals surface area (Å²) in [6.45, 7) is 0. The number of rotatable bonds is 2. The van der Waals surface area contributed by atoms with Crippen LogP contribution < -0.4 is 0 Å². The molecule has 2 rings (SSSR count). The van der Waals surface area contributed by atoms with E-state index in [1.54, 1.807) is 0 Å². The summed E-state index contributed by atoms with van der Waals surface area (Å²) in [6.07, 6.45) is 2.99. The van der Waals surface area contributed by atoms with Gasteiger partial charge in [-0.05, 0) is 25.2 Å². The molecule has 0 aromatic heterocycles. The topological polar surface area (TPSA) is 51.2 Å². The lowest BCUT2D eigenvalue weighted by molar-refractivity contribution is -0.125. The first-order valence-electron chi connectivity index (χ1n) is 4.37. The van der Waals surface area contributed by atoms with Crippen molar-refractivity contribution in [3.05, 3.63) is 0 Å². The van der Waals surface area contributed by atoms with E-state index in [0.29, 0.717) is 18.8 Å². The second-order valence-corrected chi connectivity index (χ2v) is 6.98. The van der Waals surface area contributed by atoms with E-state index >= 15 is 0 Å². The summed E-state index contributed by atoms with van der Waals surface area (Å²) >= 11 is 0. The molecular formula is C8H11ClO3S. The minimum absolute atomic E-state index is 0.105. The van der Waals surface area contributed by atoms with Gasteiger partial charge in [-0.1, -0.05) is 0 Å². The fourth-order valence-corrected chi connectivity index (χ4v) is 4.39. The highest BCUT2D eigenvalue weighted by molar-refractivity contribution is 8.13. The zero-order chi connectivity index (χ0) is 9.69. The first-order valence-corrected chi connectivity index (χ1v) is 6.85. The van der Waals surface area contributed by atoms with Crippen LogP contribution in [0.2, 0.25) is 0 Å². The van der Waals surface area contributed by atoms with E-state index in [9.17, 15) is 13.2 Å². The monoisotopic (exact) mass is 222 g/mol. The fourth-order valence-electron chi connectivity index (χ4n) is 2.68. The molecule has 3 nitrogen and oxygen atoms in total. The molecule has 0 N–H and O–H groups in total. The zero-order valence-electron chi connectivity index (χ0n) is 7.12. The van der Waals surface area contributed by atoms with Crippen LogP contribution in [0.4, 0.5) is 0 Å². The van der Waals surface area contributed by atoms with E-state index in [2.05, 4.69) is 0 Å². The predicted octanol–water partition coefficient (Wildman–Crippen LogP) is 1.31. The third-order valence-electron chi connectivity index (χ3n) is 3.22. The Morgan fingerprint density at radius 3 is 2.62 bits per heavy atom. The highest BCUT2D eigenvalue weighted by atomic mass is 35.7. The number of carbonyl (C=O) groups excluding carboxylic acids is 1. The van der Waals surface area contributed by atoms with Crippen LogP contribution in [0.15, 0.2) is 0 Å². The number of hydrogen-bond acceptors (Lipinski definition) is 3. The van der Waals surface area contributed by atoms with Gasteiger partial charge >= 0.3 is 0 Å². The van der Waals surface area contributed by atoms with Crippen LogP contribution in [0.25, 0.3) is 0 Å². The molecule has 13 heavy (non-hydrogen) atoms. The normalized spacial score (nSPS) is 38.5. The number of ketones is 1. The van der Waals surface area contributed by atoms with Gasteiger partial charge in [-0.2, -0.15) is 0 Å². The SMILES string of the molecule is O=C1C[C@H]2CC[C@]1(CS(=O)(=O)Cl)C2. The summed E-state index contributed by atoms with van der Waals surface area (Å²) in [6, 6.07) is 0. The average molecular weight is 223 g/mol. The molecule has 0 spiro atoms. The molecule has 5 heteroatoms. The fraction of sp³-hybridized carbons (Fsp3) is 0.875. The molecule has 2 atom stereocenters. The van der Waals surface area contributed by atoms with Crippen molar-refractivity contribution in [1.82, 2.24) is 0 Å². The summed E-state index contributed by atoms with van der Waals surface area (Å²) in [5.74, 6) is 0.371. The third kappa shape index (κ3) is 1.62. The Labute approximate surface area is 81.9 Å². The first kappa shape index (κ1) is 9.46. The molecule has 74 valence electrons. The minimum Gasteiger partial charge on any atom is -0.299 e. The van der Waals surface area contributed by atoms with Gasteiger partial charge in [0.25, 0.3) is 0 Å². The predicted molar refractivity (Wildman–Crippen MR) is 49.0 cm³/mol. The lowest BCUT2D eigenvalue weighted by Gasteiger charge is -2.22. The van der Waals surface area contributed by atoms with Crippen LogP contribution >= 0.6 is 10.7 Å². The van der Waals surface area contributed by atoms with Gasteiger partial charge in [-0.3, -0.25) is 4.79 Å². The van der Waals surface area contributed by atoms with Gasteiger partial charge < -0.3 is 0 Å². The molecular weight excluding hydrogens is 212 g/mol. The van der Waals surface area contributed by atoms with Crippen molar-refractivity contribution in [2.24, 2.45) is 11.3 Å². The molecule has 0 saturated heterocycles. The van der Waals surface area contributed by atoms with Crippen molar-refractivity contribution in [2.45, 2.75) is 25.7 Å². The number of fused-ring (bicyclic) bond motifs is 2. The summed E-state index contributed by atoms with van der Waals surface area (Å²) in [4.78, 5) is 11.5. The third-order valence-corrected chi connectivity index (χ3v) is 4.45. The second-order valence-electron chi connectivity index (χ2n) is 4.20. The van der Waals surface area contributed by atoms with Gasteiger partial charge in [0.2, 0.25) is 9.05 Å². The lowest BCUT2D eigenvalue weighted by atomic mass is 9.85. The summed E-state index contributed by atoms with van der Waals surface area (Å²) in [5.41, 5.74) is -0.606. The number of carbonyl (C=O) groups is 1. The van der Waals surface area contributed by atoms with Crippen LogP contribution in [0.1, 0.15) is 25.7 Å². The van der Waals surface area contributed by atoms with E-state index in [0.717, 1.165) is 12.8 Å². The van der Waals surface area contributed by atoms with Gasteiger partial charge in [-0.25, -0.2) is 8.42 Å². The van der Waals surface area contributed by atoms with Crippen LogP contribution in [0.3, 0.4) is 0 Å². The minimum atomic E-state index is -3.53. The van der Waals surface area contributed by atoms with Gasteiger partial charge in [0.05, 0.1) is 5.75 Å². The standard InChI is InChI=1S/C8H11ClO3S/c9-13(11,12)5-8-2-1-6(4-8)3-7(8)10/h6H,1-5H2/t6-,8-/m1/s1. The van der Waals surface area contributed by atoms with Gasteiger partial charge in [0, 0.05) is 22.5 Å². The Kier molecular flexibility index (Phi) is 1.97. The Balaban J connectivity index is 2.25. The molecule has 0 aromatic carbocycles. The molecule has 2 bridgehead atoms. The van der Waals surface area contributed by atoms with Crippen LogP contribution in [0.5, 0.6) is 0 Å². The molecule has 0 amide bonds. The molecule has 2 aliphatic carbocycles. The maximum absolute atomic E-state index is 11.5. The van der Waals surface area contributed by atoms with E-state index in [4.69, 9.17) is 10.7 Å². The molecule has 2 fully saturated rings. The Bertz CT molecular complexity index is 348. The Hall–Kier alpha value is -0.0900. The van der Waals surface area contributed by atoms with Crippen molar-refractivity contribution >= 4 is 25.5 Å². The zero-order valence-corrected chi connectivity index (χ0v) is 8.70. The van der Waals surface area contributed by atoms with Gasteiger partial charge in [0.15, 0.2) is 0 Å². The molecule has 0 unspecified atom stereocenters. The lowest BCUT2D eigenvalue weighted by Crippen LogP contribution is -2.31. The van der Waals surface area contributed by atoms with E-state index < -0.39 is 14.5 Å². The molecule has 2 aliphatic rings. The van der Waals surface area contributed by atoms with E-state index in [1.807, 2.05) is 0 Å². The summed E-state index contributed by atoms with van der Waals surface area (Å²) < 4.78 is 21.9. The van der Waals surface area contributed by atoms with Crippen LogP contribution in [-0.2, 0) is 13.8 Å². The Morgan fingerprint density at radius 1 is 1.54 bits per heavy atom.